The minimum atomic E-state index is -1.61. The first-order valence-corrected chi connectivity index (χ1v) is 19.5. The summed E-state index contributed by atoms with van der Waals surface area (Å²) in [6.07, 6.45) is 13.4. The normalized spacial score (nSPS) is 13.0. The molecule has 0 heterocycles. The van der Waals surface area contributed by atoms with Crippen LogP contribution in [0.4, 0.5) is 0 Å². The molecular formula is C40H57NO2Si. The highest BCUT2D eigenvalue weighted by atomic mass is 28.4. The number of hydrogen-bond acceptors (Lipinski definition) is 3. The summed E-state index contributed by atoms with van der Waals surface area (Å²) in [5, 5.41) is 0.295. The van der Waals surface area contributed by atoms with Crippen molar-refractivity contribution in [2.45, 2.75) is 83.8 Å². The lowest BCUT2D eigenvalue weighted by Crippen LogP contribution is -2.40. The molecule has 0 spiro atoms. The van der Waals surface area contributed by atoms with E-state index in [0.717, 1.165) is 25.3 Å². The van der Waals surface area contributed by atoms with Gasteiger partial charge < -0.3 is 14.1 Å². The van der Waals surface area contributed by atoms with Crippen molar-refractivity contribution in [3.8, 4) is 5.75 Å². The molecule has 0 fully saturated rings. The Balaban J connectivity index is 1.65. The highest BCUT2D eigenvalue weighted by Crippen LogP contribution is 2.37. The largest absolute Gasteiger partial charge is 0.492 e. The van der Waals surface area contributed by atoms with Gasteiger partial charge in [-0.05, 0) is 91.5 Å². The van der Waals surface area contributed by atoms with E-state index in [1.807, 2.05) is 0 Å². The summed E-state index contributed by atoms with van der Waals surface area (Å²) in [5.41, 5.74) is 6.13. The molecule has 0 N–H and O–H groups in total. The SMILES string of the molecule is CN(C)CCOc1ccc(/C(=C(/C=C\CCCCCCCCO[Si](C)(C)C(C)(C)C)c2ccccc2)c2ccccc2)cc1. The molecular weight excluding hydrogens is 555 g/mol. The third-order valence-corrected chi connectivity index (χ3v) is 13.2. The average molecular weight is 612 g/mol. The summed E-state index contributed by atoms with van der Waals surface area (Å²) in [6, 6.07) is 30.1. The number of rotatable bonds is 18. The van der Waals surface area contributed by atoms with Gasteiger partial charge in [-0.3, -0.25) is 0 Å². The number of ether oxygens (including phenoxy) is 1. The molecule has 0 aliphatic carbocycles. The maximum absolute atomic E-state index is 6.34. The van der Waals surface area contributed by atoms with Crippen LogP contribution in [0.25, 0.3) is 11.1 Å². The van der Waals surface area contributed by atoms with Crippen LogP contribution in [0.5, 0.6) is 5.75 Å². The maximum atomic E-state index is 6.34. The molecule has 3 aromatic rings. The minimum Gasteiger partial charge on any atom is -0.492 e. The summed E-state index contributed by atoms with van der Waals surface area (Å²) in [6.45, 7) is 14.1. The summed E-state index contributed by atoms with van der Waals surface area (Å²) >= 11 is 0. The van der Waals surface area contributed by atoms with E-state index in [9.17, 15) is 0 Å². The van der Waals surface area contributed by atoms with Gasteiger partial charge >= 0.3 is 0 Å². The Morgan fingerprint density at radius 1 is 0.682 bits per heavy atom. The lowest BCUT2D eigenvalue weighted by molar-refractivity contribution is 0.261. The van der Waals surface area contributed by atoms with Crippen LogP contribution in [-0.2, 0) is 4.43 Å². The Morgan fingerprint density at radius 3 is 1.82 bits per heavy atom. The molecule has 0 saturated carbocycles. The summed E-state index contributed by atoms with van der Waals surface area (Å²) in [5.74, 6) is 0.905. The molecule has 0 radical (unpaired) electrons. The van der Waals surface area contributed by atoms with Gasteiger partial charge in [0, 0.05) is 13.2 Å². The first-order valence-electron chi connectivity index (χ1n) is 16.6. The first kappa shape index (κ1) is 35.6. The highest BCUT2D eigenvalue weighted by Gasteiger charge is 2.36. The van der Waals surface area contributed by atoms with Gasteiger partial charge in [0.1, 0.15) is 12.4 Å². The van der Waals surface area contributed by atoms with Crippen LogP contribution in [0.3, 0.4) is 0 Å². The molecule has 0 aliphatic rings. The molecule has 3 nitrogen and oxygen atoms in total. The molecule has 0 bridgehead atoms. The van der Waals surface area contributed by atoms with E-state index in [2.05, 4.69) is 150 Å². The lowest BCUT2D eigenvalue weighted by atomic mass is 9.89. The minimum absolute atomic E-state index is 0.295. The van der Waals surface area contributed by atoms with E-state index >= 15 is 0 Å². The second kappa shape index (κ2) is 18.1. The second-order valence-corrected chi connectivity index (χ2v) is 18.4. The van der Waals surface area contributed by atoms with Gasteiger partial charge in [-0.1, -0.05) is 131 Å². The molecule has 44 heavy (non-hydrogen) atoms. The predicted octanol–water partition coefficient (Wildman–Crippen LogP) is 10.9. The van der Waals surface area contributed by atoms with Crippen molar-refractivity contribution < 1.29 is 9.16 Å². The van der Waals surface area contributed by atoms with Gasteiger partial charge in [-0.25, -0.2) is 0 Å². The van der Waals surface area contributed by atoms with Gasteiger partial charge in [-0.2, -0.15) is 0 Å². The zero-order valence-corrected chi connectivity index (χ0v) is 29.6. The van der Waals surface area contributed by atoms with Gasteiger partial charge in [0.25, 0.3) is 0 Å². The van der Waals surface area contributed by atoms with E-state index in [1.54, 1.807) is 0 Å². The molecule has 0 saturated heterocycles. The highest BCUT2D eigenvalue weighted by molar-refractivity contribution is 6.74. The van der Waals surface area contributed by atoms with Crippen LogP contribution in [0.2, 0.25) is 18.1 Å². The molecule has 3 aromatic carbocycles. The molecule has 0 aliphatic heterocycles. The van der Waals surface area contributed by atoms with Gasteiger partial charge in [0.15, 0.2) is 8.32 Å². The fraction of sp³-hybridized carbons (Fsp3) is 0.450. The standard InChI is InChI=1S/C40H57NO2Si/c1-40(2,3)44(6,7)43-32-21-13-11-9-8-10-12-20-26-38(34-22-16-14-17-23-34)39(35-24-18-15-19-25-35)36-27-29-37(30-28-36)42-33-31-41(4)5/h14-20,22-30H,8-13,21,31-33H2,1-7H3/b26-20-,39-38-. The van der Waals surface area contributed by atoms with E-state index in [-0.39, 0.29) is 0 Å². The fourth-order valence-electron chi connectivity index (χ4n) is 4.90. The topological polar surface area (TPSA) is 21.7 Å². The van der Waals surface area contributed by atoms with E-state index in [1.165, 1.54) is 66.4 Å². The Kier molecular flexibility index (Phi) is 14.7. The van der Waals surface area contributed by atoms with Crippen LogP contribution in [-0.4, -0.2) is 47.1 Å². The predicted molar refractivity (Wildman–Crippen MR) is 194 cm³/mol. The average Bonchev–Trinajstić information content (AvgIpc) is 3.00. The number of likely N-dealkylation sites (N-methyl/N-ethyl adjacent to an activating group) is 1. The molecule has 4 heteroatoms. The van der Waals surface area contributed by atoms with Crippen molar-refractivity contribution in [2.24, 2.45) is 0 Å². The Hall–Kier alpha value is -2.92. The van der Waals surface area contributed by atoms with E-state index in [0.29, 0.717) is 11.6 Å². The van der Waals surface area contributed by atoms with E-state index < -0.39 is 8.32 Å². The Bertz CT molecular complexity index is 1270. The molecule has 238 valence electrons. The fourth-order valence-corrected chi connectivity index (χ4v) is 5.99. The number of nitrogens with zero attached hydrogens (tertiary/aromatic N) is 1. The van der Waals surface area contributed by atoms with Gasteiger partial charge in [0.2, 0.25) is 0 Å². The van der Waals surface area contributed by atoms with Crippen LogP contribution < -0.4 is 4.74 Å². The van der Waals surface area contributed by atoms with Gasteiger partial charge in [0.05, 0.1) is 0 Å². The molecule has 3 rings (SSSR count). The maximum Gasteiger partial charge on any atom is 0.191 e. The smallest absolute Gasteiger partial charge is 0.191 e. The third-order valence-electron chi connectivity index (χ3n) is 8.69. The summed E-state index contributed by atoms with van der Waals surface area (Å²) in [4.78, 5) is 2.14. The van der Waals surface area contributed by atoms with Crippen LogP contribution in [0.1, 0.15) is 82.4 Å². The van der Waals surface area contributed by atoms with Gasteiger partial charge in [-0.15, -0.1) is 0 Å². The third kappa shape index (κ3) is 11.9. The zero-order valence-electron chi connectivity index (χ0n) is 28.6. The Morgan fingerprint density at radius 2 is 1.23 bits per heavy atom. The Labute approximate surface area is 270 Å². The van der Waals surface area contributed by atoms with Crippen molar-refractivity contribution in [3.63, 3.8) is 0 Å². The van der Waals surface area contributed by atoms with Crippen molar-refractivity contribution >= 4 is 19.5 Å². The number of benzene rings is 3. The first-order chi connectivity index (χ1) is 21.1. The van der Waals surface area contributed by atoms with Crippen LogP contribution in [0.15, 0.2) is 97.1 Å². The monoisotopic (exact) mass is 611 g/mol. The van der Waals surface area contributed by atoms with Crippen molar-refractivity contribution in [1.29, 1.82) is 0 Å². The molecule has 0 amide bonds. The van der Waals surface area contributed by atoms with Crippen LogP contribution in [0, 0.1) is 0 Å². The molecule has 0 aromatic heterocycles. The van der Waals surface area contributed by atoms with E-state index in [4.69, 9.17) is 9.16 Å². The lowest BCUT2D eigenvalue weighted by Gasteiger charge is -2.36. The quantitative estimate of drug-likeness (QED) is 0.0618. The van der Waals surface area contributed by atoms with Crippen molar-refractivity contribution in [1.82, 2.24) is 4.90 Å². The van der Waals surface area contributed by atoms with Crippen molar-refractivity contribution in [3.05, 3.63) is 114 Å². The number of unbranched alkanes of at least 4 members (excludes halogenated alkanes) is 6. The van der Waals surface area contributed by atoms with Crippen LogP contribution >= 0.6 is 0 Å². The number of allylic oxidation sites excluding steroid dienone is 3. The molecule has 0 unspecified atom stereocenters. The summed E-state index contributed by atoms with van der Waals surface area (Å²) < 4.78 is 12.3. The summed E-state index contributed by atoms with van der Waals surface area (Å²) in [7, 11) is 2.52. The zero-order chi connectivity index (χ0) is 31.8. The second-order valence-electron chi connectivity index (χ2n) is 13.6. The number of hydrogen-bond donors (Lipinski definition) is 0. The molecule has 0 atom stereocenters. The van der Waals surface area contributed by atoms with Crippen molar-refractivity contribution in [2.75, 3.05) is 33.9 Å².